The Kier molecular flexibility index (Phi) is 6.68. The Morgan fingerprint density at radius 1 is 0.944 bits per heavy atom. The Morgan fingerprint density at radius 2 is 1.69 bits per heavy atom. The van der Waals surface area contributed by atoms with Crippen molar-refractivity contribution in [1.82, 2.24) is 19.8 Å². The smallest absolute Gasteiger partial charge is 0.195 e. The van der Waals surface area contributed by atoms with Gasteiger partial charge in [-0.3, -0.25) is 4.90 Å². The number of piperazine rings is 1. The van der Waals surface area contributed by atoms with Crippen LogP contribution in [-0.4, -0.2) is 64.2 Å². The maximum absolute atomic E-state index is 9.95. The second-order valence-electron chi connectivity index (χ2n) is 10.1. The second kappa shape index (κ2) is 10.4. The SMILES string of the molecule is OC[C@@H](Nc1ncnc2cc(-c3ccc(CN4CCN(CC5CC5)CC4)cc3)oc12)c1ccccc1. The lowest BCUT2D eigenvalue weighted by Crippen LogP contribution is -2.46. The van der Waals surface area contributed by atoms with Crippen molar-refractivity contribution in [1.29, 1.82) is 0 Å². The van der Waals surface area contributed by atoms with Gasteiger partial charge in [0.05, 0.1) is 12.6 Å². The van der Waals surface area contributed by atoms with Crippen LogP contribution in [0.2, 0.25) is 0 Å². The van der Waals surface area contributed by atoms with Gasteiger partial charge in [-0.25, -0.2) is 9.97 Å². The fourth-order valence-electron chi connectivity index (χ4n) is 5.01. The molecule has 2 aliphatic rings. The summed E-state index contributed by atoms with van der Waals surface area (Å²) in [6.07, 6.45) is 4.38. The average Bonchev–Trinajstić information content (AvgIpc) is 3.63. The highest BCUT2D eigenvalue weighted by Crippen LogP contribution is 2.32. The molecule has 7 nitrogen and oxygen atoms in total. The van der Waals surface area contributed by atoms with Gasteiger partial charge in [-0.1, -0.05) is 54.6 Å². The monoisotopic (exact) mass is 483 g/mol. The van der Waals surface area contributed by atoms with Gasteiger partial charge >= 0.3 is 0 Å². The third-order valence-electron chi connectivity index (χ3n) is 7.33. The Bertz CT molecular complexity index is 1280. The van der Waals surface area contributed by atoms with E-state index in [1.165, 1.54) is 44.4 Å². The van der Waals surface area contributed by atoms with Gasteiger partial charge in [0, 0.05) is 50.9 Å². The normalized spacial score (nSPS) is 17.9. The van der Waals surface area contributed by atoms with Gasteiger partial charge in [-0.05, 0) is 29.9 Å². The van der Waals surface area contributed by atoms with Crippen molar-refractivity contribution in [3.05, 3.63) is 78.1 Å². The molecule has 0 radical (unpaired) electrons. The van der Waals surface area contributed by atoms with E-state index < -0.39 is 0 Å². The van der Waals surface area contributed by atoms with E-state index in [0.717, 1.165) is 48.0 Å². The minimum absolute atomic E-state index is 0.0555. The van der Waals surface area contributed by atoms with Crippen LogP contribution in [0.15, 0.2) is 71.4 Å². The molecule has 0 amide bonds. The molecule has 2 N–H and O–H groups in total. The van der Waals surface area contributed by atoms with Crippen LogP contribution in [0, 0.1) is 5.92 Å². The lowest BCUT2D eigenvalue weighted by Gasteiger charge is -2.34. The number of anilines is 1. The molecule has 4 aromatic rings. The number of furan rings is 1. The van der Waals surface area contributed by atoms with Gasteiger partial charge in [0.2, 0.25) is 0 Å². The molecule has 7 heteroatoms. The number of hydrogen-bond donors (Lipinski definition) is 2. The van der Waals surface area contributed by atoms with Crippen LogP contribution in [0.1, 0.15) is 30.0 Å². The number of nitrogens with zero attached hydrogens (tertiary/aromatic N) is 4. The Balaban J connectivity index is 1.13. The van der Waals surface area contributed by atoms with Crippen LogP contribution in [0.4, 0.5) is 5.82 Å². The standard InChI is InChI=1S/C29H33N5O2/c35-19-26(23-4-2-1-3-5-23)32-29-28-25(30-20-31-29)16-27(36-28)24-10-8-22(9-11-24)18-34-14-12-33(13-15-34)17-21-6-7-21/h1-5,8-11,16,20-21,26,35H,6-7,12-15,17-19H2,(H,30,31,32)/t26-/m1/s1. The van der Waals surface area contributed by atoms with Gasteiger partial charge in [-0.15, -0.1) is 0 Å². The summed E-state index contributed by atoms with van der Waals surface area (Å²) in [5.74, 6) is 2.31. The molecule has 186 valence electrons. The molecule has 1 saturated carbocycles. The third-order valence-corrected chi connectivity index (χ3v) is 7.33. The number of nitrogens with one attached hydrogen (secondary N) is 1. The van der Waals surface area contributed by atoms with Crippen molar-refractivity contribution in [2.45, 2.75) is 25.4 Å². The first-order valence-corrected chi connectivity index (χ1v) is 13.0. The van der Waals surface area contributed by atoms with Crippen molar-refractivity contribution in [3.63, 3.8) is 0 Å². The van der Waals surface area contributed by atoms with Crippen LogP contribution < -0.4 is 5.32 Å². The molecular formula is C29H33N5O2. The zero-order valence-corrected chi connectivity index (χ0v) is 20.5. The predicted molar refractivity (Wildman–Crippen MR) is 142 cm³/mol. The molecular weight excluding hydrogens is 450 g/mol. The maximum Gasteiger partial charge on any atom is 0.195 e. The summed E-state index contributed by atoms with van der Waals surface area (Å²) in [4.78, 5) is 14.0. The fourth-order valence-corrected chi connectivity index (χ4v) is 5.01. The molecule has 1 atom stereocenters. The van der Waals surface area contributed by atoms with E-state index in [-0.39, 0.29) is 12.6 Å². The Hall–Kier alpha value is -3.26. The number of aliphatic hydroxyl groups excluding tert-OH is 1. The Morgan fingerprint density at radius 3 is 2.42 bits per heavy atom. The molecule has 0 spiro atoms. The highest BCUT2D eigenvalue weighted by molar-refractivity contribution is 5.87. The summed E-state index contributed by atoms with van der Waals surface area (Å²) in [7, 11) is 0. The highest BCUT2D eigenvalue weighted by atomic mass is 16.3. The number of benzene rings is 2. The Labute approximate surface area is 211 Å². The zero-order valence-electron chi connectivity index (χ0n) is 20.5. The second-order valence-corrected chi connectivity index (χ2v) is 10.1. The molecule has 1 aliphatic carbocycles. The molecule has 36 heavy (non-hydrogen) atoms. The molecule has 2 aromatic carbocycles. The summed E-state index contributed by atoms with van der Waals surface area (Å²) in [5.41, 5.74) is 4.65. The maximum atomic E-state index is 9.95. The minimum atomic E-state index is -0.285. The van der Waals surface area contributed by atoms with Gasteiger partial charge in [0.15, 0.2) is 11.4 Å². The summed E-state index contributed by atoms with van der Waals surface area (Å²) in [6, 6.07) is 20.1. The molecule has 0 unspecified atom stereocenters. The van der Waals surface area contributed by atoms with E-state index >= 15 is 0 Å². The molecule has 3 heterocycles. The van der Waals surface area contributed by atoms with Gasteiger partial charge in [-0.2, -0.15) is 0 Å². The van der Waals surface area contributed by atoms with E-state index in [9.17, 15) is 5.11 Å². The van der Waals surface area contributed by atoms with Crippen molar-refractivity contribution in [2.75, 3.05) is 44.6 Å². The van der Waals surface area contributed by atoms with Crippen molar-refractivity contribution in [2.24, 2.45) is 5.92 Å². The molecule has 2 fully saturated rings. The van der Waals surface area contributed by atoms with Crippen LogP contribution in [-0.2, 0) is 6.54 Å². The van der Waals surface area contributed by atoms with Gasteiger partial charge in [0.1, 0.15) is 17.6 Å². The van der Waals surface area contributed by atoms with Crippen LogP contribution >= 0.6 is 0 Å². The average molecular weight is 484 g/mol. The van der Waals surface area contributed by atoms with Crippen LogP contribution in [0.25, 0.3) is 22.4 Å². The largest absolute Gasteiger partial charge is 0.450 e. The van der Waals surface area contributed by atoms with E-state index in [0.29, 0.717) is 11.4 Å². The molecule has 1 saturated heterocycles. The third kappa shape index (κ3) is 5.28. The lowest BCUT2D eigenvalue weighted by molar-refractivity contribution is 0.123. The predicted octanol–water partition coefficient (Wildman–Crippen LogP) is 4.56. The van der Waals surface area contributed by atoms with Crippen molar-refractivity contribution < 1.29 is 9.52 Å². The number of rotatable bonds is 9. The summed E-state index contributed by atoms with van der Waals surface area (Å²) in [5, 5.41) is 13.3. The summed E-state index contributed by atoms with van der Waals surface area (Å²) >= 11 is 0. The first-order chi connectivity index (χ1) is 17.7. The number of aromatic nitrogens is 2. The number of aliphatic hydroxyl groups is 1. The van der Waals surface area contributed by atoms with E-state index in [2.05, 4.69) is 49.4 Å². The summed E-state index contributed by atoms with van der Waals surface area (Å²) < 4.78 is 6.22. The van der Waals surface area contributed by atoms with Gasteiger partial charge < -0.3 is 19.7 Å². The van der Waals surface area contributed by atoms with Gasteiger partial charge in [0.25, 0.3) is 0 Å². The van der Waals surface area contributed by atoms with E-state index in [4.69, 9.17) is 4.42 Å². The van der Waals surface area contributed by atoms with E-state index in [1.54, 1.807) is 0 Å². The fraction of sp³-hybridized carbons (Fsp3) is 0.379. The molecule has 0 bridgehead atoms. The quantitative estimate of drug-likeness (QED) is 0.361. The summed E-state index contributed by atoms with van der Waals surface area (Å²) in [6.45, 7) is 6.89. The first kappa shape index (κ1) is 23.2. The molecule has 6 rings (SSSR count). The molecule has 1 aliphatic heterocycles. The molecule has 2 aromatic heterocycles. The minimum Gasteiger partial charge on any atom is -0.450 e. The number of fused-ring (bicyclic) bond motifs is 1. The first-order valence-electron chi connectivity index (χ1n) is 13.0. The van der Waals surface area contributed by atoms with Crippen molar-refractivity contribution in [3.8, 4) is 11.3 Å². The number of hydrogen-bond acceptors (Lipinski definition) is 7. The zero-order chi connectivity index (χ0) is 24.3. The topological polar surface area (TPSA) is 77.7 Å². The van der Waals surface area contributed by atoms with Crippen LogP contribution in [0.5, 0.6) is 0 Å². The highest BCUT2D eigenvalue weighted by Gasteiger charge is 2.26. The van der Waals surface area contributed by atoms with Crippen LogP contribution in [0.3, 0.4) is 0 Å². The lowest BCUT2D eigenvalue weighted by atomic mass is 10.1. The van der Waals surface area contributed by atoms with Crippen molar-refractivity contribution >= 4 is 16.9 Å². The van der Waals surface area contributed by atoms with E-state index in [1.807, 2.05) is 36.4 Å².